The van der Waals surface area contributed by atoms with E-state index >= 15 is 0 Å². The predicted octanol–water partition coefficient (Wildman–Crippen LogP) is 15.3. The van der Waals surface area contributed by atoms with Crippen molar-refractivity contribution < 1.29 is 0 Å². The maximum atomic E-state index is 4.14. The van der Waals surface area contributed by atoms with Crippen LogP contribution in [0.25, 0.3) is 49.7 Å². The summed E-state index contributed by atoms with van der Waals surface area (Å²) in [6, 6.07) is 47.4. The van der Waals surface area contributed by atoms with Crippen LogP contribution in [0.4, 0.5) is 11.4 Å². The van der Waals surface area contributed by atoms with Crippen LogP contribution in [0.15, 0.2) is 121 Å². The van der Waals surface area contributed by atoms with Gasteiger partial charge in [0.05, 0.1) is 5.52 Å². The Bertz CT molecular complexity index is 3370. The zero-order valence-electron chi connectivity index (χ0n) is 42.1. The van der Waals surface area contributed by atoms with Crippen molar-refractivity contribution in [2.45, 2.75) is 136 Å². The van der Waals surface area contributed by atoms with Crippen molar-refractivity contribution in [2.24, 2.45) is 0 Å². The average molecular weight is 862 g/mol. The van der Waals surface area contributed by atoms with Gasteiger partial charge in [-0.15, -0.1) is 0 Å². The Balaban J connectivity index is 1.33. The number of rotatable bonds is 3. The molecule has 331 valence electrons. The van der Waals surface area contributed by atoms with Crippen LogP contribution in [0.3, 0.4) is 0 Å². The molecular weight excluding hydrogens is 796 g/mol. The first-order chi connectivity index (χ1) is 30.9. The Morgan fingerprint density at radius 1 is 0.485 bits per heavy atom. The molecule has 2 heterocycles. The molecule has 0 saturated heterocycles. The third-order valence-corrected chi connectivity index (χ3v) is 16.1. The Morgan fingerprint density at radius 2 is 1.03 bits per heavy atom. The molecule has 1 radical (unpaired) electrons. The van der Waals surface area contributed by atoms with Gasteiger partial charge in [-0.1, -0.05) is 188 Å². The molecule has 8 aromatic rings. The Morgan fingerprint density at radius 3 is 1.65 bits per heavy atom. The highest BCUT2D eigenvalue weighted by atomic mass is 15.0. The highest BCUT2D eigenvalue weighted by Crippen LogP contribution is 2.59. The fraction of sp³-hybridized carbons (Fsp3) is 0.333. The van der Waals surface area contributed by atoms with Crippen molar-refractivity contribution in [3.8, 4) is 27.9 Å². The number of anilines is 2. The molecule has 11 rings (SSSR count). The summed E-state index contributed by atoms with van der Waals surface area (Å²) in [5.74, 6) is 0. The van der Waals surface area contributed by atoms with Gasteiger partial charge in [0.25, 0.3) is 0 Å². The van der Waals surface area contributed by atoms with Crippen LogP contribution in [0, 0.1) is 0 Å². The minimum absolute atomic E-state index is 0.00394. The van der Waals surface area contributed by atoms with E-state index in [4.69, 9.17) is 0 Å². The predicted molar refractivity (Wildman–Crippen MR) is 285 cm³/mol. The number of nitrogens with one attached hydrogen (secondary N) is 1. The summed E-state index contributed by atoms with van der Waals surface area (Å²) < 4.78 is 2.63. The molecule has 1 N–H and O–H groups in total. The normalized spacial score (nSPS) is 16.3. The molecule has 1 aromatic heterocycles. The summed E-state index contributed by atoms with van der Waals surface area (Å²) in [4.78, 5) is 0. The lowest BCUT2D eigenvalue weighted by atomic mass is 9.56. The van der Waals surface area contributed by atoms with Crippen molar-refractivity contribution in [3.05, 3.63) is 171 Å². The third-order valence-electron chi connectivity index (χ3n) is 16.1. The first-order valence-electron chi connectivity index (χ1n) is 24.4. The highest BCUT2D eigenvalue weighted by molar-refractivity contribution is 6.74. The van der Waals surface area contributed by atoms with E-state index in [-0.39, 0.29) is 32.5 Å². The lowest BCUT2D eigenvalue weighted by Gasteiger charge is -2.44. The molecular formula is C63H66BN2. The Kier molecular flexibility index (Phi) is 8.86. The topological polar surface area (TPSA) is 17.0 Å². The van der Waals surface area contributed by atoms with Gasteiger partial charge in [0.1, 0.15) is 0 Å². The van der Waals surface area contributed by atoms with Crippen LogP contribution in [-0.4, -0.2) is 11.8 Å². The van der Waals surface area contributed by atoms with Gasteiger partial charge in [-0.05, 0) is 131 Å². The summed E-state index contributed by atoms with van der Waals surface area (Å²) in [6.45, 7) is 35.6. The van der Waals surface area contributed by atoms with Crippen LogP contribution in [-0.2, 0) is 32.5 Å². The second-order valence-corrected chi connectivity index (χ2v) is 24.6. The van der Waals surface area contributed by atoms with Gasteiger partial charge in [-0.25, -0.2) is 0 Å². The van der Waals surface area contributed by atoms with E-state index in [0.29, 0.717) is 0 Å². The van der Waals surface area contributed by atoms with Gasteiger partial charge in [0, 0.05) is 55.2 Å². The maximum Gasteiger partial charge on any atom is 0.197 e. The van der Waals surface area contributed by atoms with Gasteiger partial charge in [-0.2, -0.15) is 0 Å². The van der Waals surface area contributed by atoms with E-state index in [2.05, 4.69) is 242 Å². The fourth-order valence-corrected chi connectivity index (χ4v) is 12.2. The lowest BCUT2D eigenvalue weighted by Crippen LogP contribution is -2.39. The molecule has 0 atom stereocenters. The maximum absolute atomic E-state index is 4.14. The highest BCUT2D eigenvalue weighted by Gasteiger charge is 2.46. The molecule has 66 heavy (non-hydrogen) atoms. The number of benzene rings is 7. The second-order valence-electron chi connectivity index (χ2n) is 24.6. The molecule has 0 spiro atoms. The standard InChI is InChI=1S/C63H66BN2/c1-58(2,3)36-24-28-39(29-25-36)65-49-35-47-46(61(10,11)44-22-18-19-23-45(44)62(47,12)13)34-41(49)54-55-52(40-20-16-17-21-43(40)63(55,14)15)53-42-32-37(59(4,5)6)26-30-50(42)66-51-31-27-38(60(7,8)9)33-48(51)64-56(54)57(53)66/h16-35,65H,1-15H3. The Labute approximate surface area is 395 Å². The van der Waals surface area contributed by atoms with Crippen molar-refractivity contribution in [3.63, 3.8) is 0 Å². The molecule has 0 fully saturated rings. The quantitative estimate of drug-likeness (QED) is 0.175. The van der Waals surface area contributed by atoms with E-state index < -0.39 is 0 Å². The van der Waals surface area contributed by atoms with E-state index in [1.54, 1.807) is 0 Å². The zero-order valence-corrected chi connectivity index (χ0v) is 42.1. The molecule has 2 aliphatic carbocycles. The largest absolute Gasteiger partial charge is 0.355 e. The minimum atomic E-state index is -0.299. The van der Waals surface area contributed by atoms with Crippen LogP contribution >= 0.6 is 0 Å². The molecule has 0 unspecified atom stereocenters. The number of hydrogen-bond acceptors (Lipinski definition) is 1. The minimum Gasteiger partial charge on any atom is -0.355 e. The third kappa shape index (κ3) is 6.00. The molecule has 3 heteroatoms. The first kappa shape index (κ1) is 42.8. The van der Waals surface area contributed by atoms with Gasteiger partial charge in [0.2, 0.25) is 0 Å². The van der Waals surface area contributed by atoms with Crippen molar-refractivity contribution in [1.29, 1.82) is 0 Å². The molecule has 1 aliphatic heterocycles. The Hall–Kier alpha value is -5.80. The van der Waals surface area contributed by atoms with Gasteiger partial charge in [-0.3, -0.25) is 0 Å². The van der Waals surface area contributed by atoms with Crippen molar-refractivity contribution >= 4 is 51.4 Å². The second kappa shape index (κ2) is 13.7. The summed E-state index contributed by atoms with van der Waals surface area (Å²) in [7, 11) is 2.57. The van der Waals surface area contributed by atoms with Crippen LogP contribution in [0.2, 0.25) is 0 Å². The SMILES string of the molecule is CC(C)(C)c1ccc(Nc2cc3c(cc2-c2c4c(c5c6cc(C(C)(C)C)ccc6n6c5c2[B]c2cc(C(C)(C)C)ccc2-6)-c2ccccc2C4(C)C)C(C)(C)c2ccccc2C3(C)C)cc1. The van der Waals surface area contributed by atoms with E-state index in [9.17, 15) is 0 Å². The first-order valence-corrected chi connectivity index (χ1v) is 24.4. The van der Waals surface area contributed by atoms with Crippen molar-refractivity contribution in [1.82, 2.24) is 4.57 Å². The van der Waals surface area contributed by atoms with Crippen molar-refractivity contribution in [2.75, 3.05) is 5.32 Å². The molecule has 7 aromatic carbocycles. The lowest BCUT2D eigenvalue weighted by molar-refractivity contribution is 0.521. The summed E-state index contributed by atoms with van der Waals surface area (Å²) >= 11 is 0. The summed E-state index contributed by atoms with van der Waals surface area (Å²) in [6.07, 6.45) is 0. The molecule has 3 aliphatic rings. The number of fused-ring (bicyclic) bond motifs is 11. The monoisotopic (exact) mass is 862 g/mol. The summed E-state index contributed by atoms with van der Waals surface area (Å²) in [5.41, 5.74) is 25.7. The summed E-state index contributed by atoms with van der Waals surface area (Å²) in [5, 5.41) is 6.84. The van der Waals surface area contributed by atoms with Crippen LogP contribution < -0.4 is 16.2 Å². The van der Waals surface area contributed by atoms with Gasteiger partial charge >= 0.3 is 0 Å². The molecule has 0 saturated carbocycles. The van der Waals surface area contributed by atoms with E-state index in [1.165, 1.54) is 111 Å². The number of hydrogen-bond donors (Lipinski definition) is 1. The molecule has 0 bridgehead atoms. The van der Waals surface area contributed by atoms with Gasteiger partial charge < -0.3 is 9.88 Å². The molecule has 0 amide bonds. The van der Waals surface area contributed by atoms with Crippen LogP contribution in [0.1, 0.15) is 154 Å². The molecule has 2 nitrogen and oxygen atoms in total. The van der Waals surface area contributed by atoms with E-state index in [1.807, 2.05) is 0 Å². The average Bonchev–Trinajstić information content (AvgIpc) is 3.71. The number of nitrogens with zero attached hydrogens (tertiary/aromatic N) is 1. The van der Waals surface area contributed by atoms with E-state index in [0.717, 1.165) is 11.4 Å². The number of aromatic nitrogens is 1. The van der Waals surface area contributed by atoms with Gasteiger partial charge in [0.15, 0.2) is 7.28 Å². The fourth-order valence-electron chi connectivity index (χ4n) is 12.2. The zero-order chi connectivity index (χ0) is 46.8. The van der Waals surface area contributed by atoms with Crippen LogP contribution in [0.5, 0.6) is 0 Å². The smallest absolute Gasteiger partial charge is 0.197 e.